The van der Waals surface area contributed by atoms with E-state index in [1.807, 2.05) is 24.9 Å². The molecule has 0 bridgehead atoms. The third kappa shape index (κ3) is 4.26. The molecule has 0 saturated carbocycles. The number of rotatable bonds is 5. The molecule has 0 spiro atoms. The predicted octanol–water partition coefficient (Wildman–Crippen LogP) is 2.93. The summed E-state index contributed by atoms with van der Waals surface area (Å²) < 4.78 is 10.7. The fourth-order valence-corrected chi connectivity index (χ4v) is 3.62. The molecular formula is C21H23N5O3. The molecule has 4 heterocycles. The average Bonchev–Trinajstić information content (AvgIpc) is 3.11. The minimum atomic E-state index is -0.00727. The normalized spacial score (nSPS) is 14.8. The number of aryl methyl sites for hydroxylation is 2. The molecule has 4 rings (SSSR count). The van der Waals surface area contributed by atoms with Crippen LogP contribution in [-0.2, 0) is 4.79 Å². The van der Waals surface area contributed by atoms with Gasteiger partial charge >= 0.3 is 0 Å². The van der Waals surface area contributed by atoms with Gasteiger partial charge in [0.25, 0.3) is 5.91 Å². The minimum absolute atomic E-state index is 0.00727. The Hall–Kier alpha value is -3.29. The summed E-state index contributed by atoms with van der Waals surface area (Å²) >= 11 is 0. The Kier molecular flexibility index (Phi) is 5.50. The maximum atomic E-state index is 12.4. The highest BCUT2D eigenvalue weighted by atomic mass is 16.5. The van der Waals surface area contributed by atoms with Crippen LogP contribution in [0.2, 0.25) is 0 Å². The monoisotopic (exact) mass is 393 g/mol. The van der Waals surface area contributed by atoms with Crippen LogP contribution >= 0.6 is 0 Å². The van der Waals surface area contributed by atoms with Crippen LogP contribution in [0.15, 0.2) is 41.4 Å². The molecule has 0 atom stereocenters. The van der Waals surface area contributed by atoms with Crippen LogP contribution in [0, 0.1) is 13.8 Å². The summed E-state index contributed by atoms with van der Waals surface area (Å²) in [6, 6.07) is 3.57. The Morgan fingerprint density at radius 2 is 2.03 bits per heavy atom. The first-order valence-corrected chi connectivity index (χ1v) is 9.67. The molecule has 1 aliphatic rings. The van der Waals surface area contributed by atoms with Gasteiger partial charge in [-0.1, -0.05) is 5.16 Å². The quantitative estimate of drug-likeness (QED) is 0.658. The molecule has 0 radical (unpaired) electrons. The number of carbonyl (C=O) groups is 1. The number of likely N-dealkylation sites (tertiary alicyclic amines) is 1. The summed E-state index contributed by atoms with van der Waals surface area (Å²) in [6.07, 6.45) is 8.60. The summed E-state index contributed by atoms with van der Waals surface area (Å²) in [5, 5.41) is 3.97. The smallest absolute Gasteiger partial charge is 0.260 e. The van der Waals surface area contributed by atoms with Crippen molar-refractivity contribution < 1.29 is 14.1 Å². The van der Waals surface area contributed by atoms with E-state index in [4.69, 9.17) is 9.26 Å². The van der Waals surface area contributed by atoms with Gasteiger partial charge in [-0.05, 0) is 38.8 Å². The van der Waals surface area contributed by atoms with Crippen LogP contribution in [0.3, 0.4) is 0 Å². The molecule has 1 saturated heterocycles. The van der Waals surface area contributed by atoms with Crippen LogP contribution in [0.4, 0.5) is 0 Å². The van der Waals surface area contributed by atoms with E-state index < -0.39 is 0 Å². The van der Waals surface area contributed by atoms with Crippen LogP contribution in [0.25, 0.3) is 11.3 Å². The number of aromatic nitrogens is 4. The highest BCUT2D eigenvalue weighted by Crippen LogP contribution is 2.29. The molecule has 1 fully saturated rings. The standard InChI is InChI=1S/C21H23N5O3/c1-14-21(15(2)29-25-14)19-12-23-18(11-24-19)16-5-8-26(9-6-16)20(27)13-28-17-4-3-7-22-10-17/h3-4,7,10-12,16H,5-6,8-9,13H2,1-2H3. The minimum Gasteiger partial charge on any atom is -0.482 e. The van der Waals surface area contributed by atoms with Gasteiger partial charge in [0.15, 0.2) is 6.61 Å². The van der Waals surface area contributed by atoms with Crippen molar-refractivity contribution in [2.24, 2.45) is 0 Å². The average molecular weight is 393 g/mol. The molecule has 0 aromatic carbocycles. The molecule has 3 aromatic rings. The SMILES string of the molecule is Cc1noc(C)c1-c1cnc(C2CCN(C(=O)COc3cccnc3)CC2)cn1. The Morgan fingerprint density at radius 1 is 1.21 bits per heavy atom. The van der Waals surface area contributed by atoms with Crippen LogP contribution in [0.1, 0.15) is 35.9 Å². The maximum absolute atomic E-state index is 12.4. The summed E-state index contributed by atoms with van der Waals surface area (Å²) in [4.78, 5) is 27.4. The highest BCUT2D eigenvalue weighted by Gasteiger charge is 2.25. The third-order valence-corrected chi connectivity index (χ3v) is 5.22. The first-order chi connectivity index (χ1) is 14.1. The van der Waals surface area contributed by atoms with E-state index in [0.29, 0.717) is 24.8 Å². The number of hydrogen-bond donors (Lipinski definition) is 0. The van der Waals surface area contributed by atoms with Gasteiger partial charge in [0.1, 0.15) is 11.5 Å². The van der Waals surface area contributed by atoms with Crippen molar-refractivity contribution in [1.29, 1.82) is 0 Å². The van der Waals surface area contributed by atoms with Gasteiger partial charge in [-0.25, -0.2) is 0 Å². The lowest BCUT2D eigenvalue weighted by Gasteiger charge is -2.31. The largest absolute Gasteiger partial charge is 0.482 e. The van der Waals surface area contributed by atoms with Crippen molar-refractivity contribution in [3.63, 3.8) is 0 Å². The lowest BCUT2D eigenvalue weighted by atomic mass is 9.93. The van der Waals surface area contributed by atoms with Gasteiger partial charge in [0.05, 0.1) is 35.0 Å². The fourth-order valence-electron chi connectivity index (χ4n) is 3.62. The van der Waals surface area contributed by atoms with Gasteiger partial charge in [0.2, 0.25) is 0 Å². The molecule has 0 unspecified atom stereocenters. The van der Waals surface area contributed by atoms with Crippen molar-refractivity contribution in [2.45, 2.75) is 32.6 Å². The van der Waals surface area contributed by atoms with Crippen LogP contribution in [0.5, 0.6) is 5.75 Å². The first-order valence-electron chi connectivity index (χ1n) is 9.67. The van der Waals surface area contributed by atoms with E-state index in [1.54, 1.807) is 30.7 Å². The molecule has 8 nitrogen and oxygen atoms in total. The first kappa shape index (κ1) is 19.0. The van der Waals surface area contributed by atoms with Crippen LogP contribution < -0.4 is 4.74 Å². The van der Waals surface area contributed by atoms with Crippen molar-refractivity contribution in [2.75, 3.05) is 19.7 Å². The second-order valence-electron chi connectivity index (χ2n) is 7.16. The molecular weight excluding hydrogens is 370 g/mol. The Labute approximate surface area is 168 Å². The number of carbonyl (C=O) groups excluding carboxylic acids is 1. The second-order valence-corrected chi connectivity index (χ2v) is 7.16. The predicted molar refractivity (Wildman–Crippen MR) is 105 cm³/mol. The summed E-state index contributed by atoms with van der Waals surface area (Å²) in [5.74, 6) is 1.63. The van der Waals surface area contributed by atoms with Crippen molar-refractivity contribution in [3.05, 3.63) is 54.1 Å². The number of nitrogens with zero attached hydrogens (tertiary/aromatic N) is 5. The van der Waals surface area contributed by atoms with E-state index in [1.165, 1.54) is 0 Å². The van der Waals surface area contributed by atoms with Gasteiger partial charge in [-0.2, -0.15) is 0 Å². The van der Waals surface area contributed by atoms with E-state index in [9.17, 15) is 4.79 Å². The maximum Gasteiger partial charge on any atom is 0.260 e. The lowest BCUT2D eigenvalue weighted by Crippen LogP contribution is -2.40. The summed E-state index contributed by atoms with van der Waals surface area (Å²) in [5.41, 5.74) is 3.44. The topological polar surface area (TPSA) is 94.2 Å². The number of ether oxygens (including phenoxy) is 1. The fraction of sp³-hybridized carbons (Fsp3) is 0.381. The van der Waals surface area contributed by atoms with E-state index in [-0.39, 0.29) is 12.5 Å². The summed E-state index contributed by atoms with van der Waals surface area (Å²) in [7, 11) is 0. The summed E-state index contributed by atoms with van der Waals surface area (Å²) in [6.45, 7) is 5.17. The Bertz CT molecular complexity index is 944. The zero-order valence-electron chi connectivity index (χ0n) is 16.5. The zero-order valence-corrected chi connectivity index (χ0v) is 16.5. The molecule has 1 aliphatic heterocycles. The lowest BCUT2D eigenvalue weighted by molar-refractivity contribution is -0.134. The molecule has 1 amide bonds. The molecule has 0 aliphatic carbocycles. The Balaban J connectivity index is 1.32. The van der Waals surface area contributed by atoms with E-state index >= 15 is 0 Å². The van der Waals surface area contributed by atoms with Gasteiger partial charge in [0, 0.05) is 31.4 Å². The second kappa shape index (κ2) is 8.38. The number of pyridine rings is 1. The molecule has 29 heavy (non-hydrogen) atoms. The third-order valence-electron chi connectivity index (χ3n) is 5.22. The van der Waals surface area contributed by atoms with Gasteiger partial charge < -0.3 is 14.2 Å². The van der Waals surface area contributed by atoms with Gasteiger partial charge in [-0.15, -0.1) is 0 Å². The number of piperidine rings is 1. The van der Waals surface area contributed by atoms with E-state index in [0.717, 1.165) is 41.2 Å². The van der Waals surface area contributed by atoms with Crippen molar-refractivity contribution in [3.8, 4) is 17.0 Å². The number of amides is 1. The molecule has 8 heteroatoms. The molecule has 150 valence electrons. The van der Waals surface area contributed by atoms with Crippen LogP contribution in [-0.4, -0.2) is 50.6 Å². The van der Waals surface area contributed by atoms with Crippen molar-refractivity contribution in [1.82, 2.24) is 25.0 Å². The zero-order chi connectivity index (χ0) is 20.2. The Morgan fingerprint density at radius 3 is 2.66 bits per heavy atom. The van der Waals surface area contributed by atoms with Gasteiger partial charge in [-0.3, -0.25) is 19.7 Å². The van der Waals surface area contributed by atoms with Crippen molar-refractivity contribution >= 4 is 5.91 Å². The molecule has 0 N–H and O–H groups in total. The number of hydrogen-bond acceptors (Lipinski definition) is 7. The molecule has 3 aromatic heterocycles. The highest BCUT2D eigenvalue weighted by molar-refractivity contribution is 5.77. The van der Waals surface area contributed by atoms with E-state index in [2.05, 4.69) is 20.1 Å².